The van der Waals surface area contributed by atoms with E-state index in [-0.39, 0.29) is 16.6 Å². The van der Waals surface area contributed by atoms with E-state index < -0.39 is 17.7 Å². The van der Waals surface area contributed by atoms with Crippen molar-refractivity contribution >= 4 is 16.9 Å². The Hall–Kier alpha value is -2.76. The van der Waals surface area contributed by atoms with Crippen molar-refractivity contribution in [1.82, 2.24) is 9.78 Å². The van der Waals surface area contributed by atoms with E-state index in [0.29, 0.717) is 5.56 Å². The smallest absolute Gasteiger partial charge is 0.340 e. The van der Waals surface area contributed by atoms with Crippen molar-refractivity contribution in [3.63, 3.8) is 0 Å². The highest BCUT2D eigenvalue weighted by atomic mass is 19.1. The first-order chi connectivity index (χ1) is 9.58. The second-order valence-corrected chi connectivity index (χ2v) is 4.24. The van der Waals surface area contributed by atoms with Crippen LogP contribution in [-0.4, -0.2) is 15.8 Å². The summed E-state index contributed by atoms with van der Waals surface area (Å²) in [7, 11) is 0. The molecule has 3 rings (SSSR count). The van der Waals surface area contributed by atoms with Gasteiger partial charge in [-0.1, -0.05) is 18.2 Å². The molecule has 0 fully saturated rings. The maximum Gasteiger partial charge on any atom is 0.340 e. The molecule has 0 spiro atoms. The van der Waals surface area contributed by atoms with Crippen molar-refractivity contribution in [2.75, 3.05) is 0 Å². The van der Waals surface area contributed by atoms with Crippen molar-refractivity contribution in [2.45, 2.75) is 0 Å². The van der Waals surface area contributed by atoms with Crippen molar-refractivity contribution in [3.05, 3.63) is 54.1 Å². The second kappa shape index (κ2) is 4.41. The molecule has 1 amide bonds. The number of halogens is 2. The molecule has 0 aliphatic heterocycles. The summed E-state index contributed by atoms with van der Waals surface area (Å²) < 4.78 is 28.2. The largest absolute Gasteiger partial charge is 0.350 e. The summed E-state index contributed by atoms with van der Waals surface area (Å²) >= 11 is 0. The highest BCUT2D eigenvalue weighted by Crippen LogP contribution is 2.30. The minimum atomic E-state index is -0.830. The number of rotatable bonds is 1. The summed E-state index contributed by atoms with van der Waals surface area (Å²) in [5.41, 5.74) is 6.02. The molecule has 20 heavy (non-hydrogen) atoms. The molecule has 1 aromatic heterocycles. The molecule has 0 unspecified atom stereocenters. The summed E-state index contributed by atoms with van der Waals surface area (Å²) in [6.07, 6.45) is 0. The lowest BCUT2D eigenvalue weighted by Gasteiger charge is -1.98. The number of nitrogens with two attached hydrogens (primary N) is 1. The van der Waals surface area contributed by atoms with Crippen LogP contribution in [0.15, 0.2) is 42.5 Å². The number of fused-ring (bicyclic) bond motifs is 1. The molecule has 100 valence electrons. The first-order valence-corrected chi connectivity index (χ1v) is 5.81. The number of hydrogen-bond donors (Lipinski definition) is 1. The van der Waals surface area contributed by atoms with Crippen LogP contribution in [0.1, 0.15) is 0 Å². The van der Waals surface area contributed by atoms with E-state index in [1.165, 1.54) is 36.4 Å². The molecule has 0 saturated heterocycles. The zero-order valence-electron chi connectivity index (χ0n) is 10.2. The van der Waals surface area contributed by atoms with Gasteiger partial charge in [0.15, 0.2) is 0 Å². The van der Waals surface area contributed by atoms with Crippen molar-refractivity contribution in [3.8, 4) is 11.3 Å². The molecule has 6 heteroatoms. The summed E-state index contributed by atoms with van der Waals surface area (Å²) in [4.78, 5) is 11.4. The van der Waals surface area contributed by atoms with E-state index >= 15 is 0 Å². The van der Waals surface area contributed by atoms with Crippen LogP contribution >= 0.6 is 0 Å². The molecule has 3 aromatic rings. The molecular formula is C14H9F2N3O. The van der Waals surface area contributed by atoms with Crippen LogP contribution in [-0.2, 0) is 0 Å². The SMILES string of the molecule is NC(=O)n1nc(-c2cccc(F)c2)c2c(F)cccc21. The van der Waals surface area contributed by atoms with E-state index in [2.05, 4.69) is 5.10 Å². The van der Waals surface area contributed by atoms with Gasteiger partial charge in [-0.25, -0.2) is 13.6 Å². The van der Waals surface area contributed by atoms with Gasteiger partial charge < -0.3 is 5.73 Å². The van der Waals surface area contributed by atoms with Crippen LogP contribution in [0.4, 0.5) is 13.6 Å². The Morgan fingerprint density at radius 1 is 1.15 bits per heavy atom. The third kappa shape index (κ3) is 1.82. The lowest BCUT2D eigenvalue weighted by molar-refractivity contribution is 0.248. The normalized spacial score (nSPS) is 10.9. The van der Waals surface area contributed by atoms with E-state index in [9.17, 15) is 13.6 Å². The standard InChI is InChI=1S/C14H9F2N3O/c15-9-4-1-3-8(7-9)13-12-10(16)5-2-6-11(12)19(18-13)14(17)20/h1-7H,(H2,17,20). The van der Waals surface area contributed by atoms with Gasteiger partial charge >= 0.3 is 6.03 Å². The summed E-state index contributed by atoms with van der Waals surface area (Å²) in [6.45, 7) is 0. The highest BCUT2D eigenvalue weighted by Gasteiger charge is 2.18. The molecule has 4 nitrogen and oxygen atoms in total. The zero-order chi connectivity index (χ0) is 14.3. The predicted molar refractivity (Wildman–Crippen MR) is 70.1 cm³/mol. The van der Waals surface area contributed by atoms with Gasteiger partial charge in [0.25, 0.3) is 0 Å². The molecule has 0 radical (unpaired) electrons. The van der Waals surface area contributed by atoms with Crippen molar-refractivity contribution in [2.24, 2.45) is 5.73 Å². The maximum atomic E-state index is 14.0. The average molecular weight is 273 g/mol. The van der Waals surface area contributed by atoms with Gasteiger partial charge in [-0.3, -0.25) is 0 Å². The lowest BCUT2D eigenvalue weighted by atomic mass is 10.1. The van der Waals surface area contributed by atoms with Crippen LogP contribution in [0.25, 0.3) is 22.2 Å². The Kier molecular flexibility index (Phi) is 2.71. The van der Waals surface area contributed by atoms with Gasteiger partial charge in [0.1, 0.15) is 17.3 Å². The highest BCUT2D eigenvalue weighted by molar-refractivity contribution is 5.98. The molecule has 1 heterocycles. The first-order valence-electron chi connectivity index (χ1n) is 5.81. The minimum absolute atomic E-state index is 0.136. The Balaban J connectivity index is 2.39. The second-order valence-electron chi connectivity index (χ2n) is 4.24. The number of benzene rings is 2. The molecule has 0 saturated carbocycles. The Morgan fingerprint density at radius 3 is 2.60 bits per heavy atom. The quantitative estimate of drug-likeness (QED) is 0.741. The van der Waals surface area contributed by atoms with Gasteiger partial charge in [0, 0.05) is 5.56 Å². The number of amides is 1. The molecule has 0 aliphatic carbocycles. The van der Waals surface area contributed by atoms with Gasteiger partial charge in [-0.2, -0.15) is 9.78 Å². The Labute approximate surface area is 112 Å². The number of hydrogen-bond acceptors (Lipinski definition) is 2. The van der Waals surface area contributed by atoms with Gasteiger partial charge in [-0.15, -0.1) is 0 Å². The fourth-order valence-corrected chi connectivity index (χ4v) is 2.13. The monoisotopic (exact) mass is 273 g/mol. The minimum Gasteiger partial charge on any atom is -0.350 e. The van der Waals surface area contributed by atoms with E-state index in [4.69, 9.17) is 5.73 Å². The fourth-order valence-electron chi connectivity index (χ4n) is 2.13. The summed E-state index contributed by atoms with van der Waals surface area (Å²) in [6, 6.07) is 8.96. The topological polar surface area (TPSA) is 60.9 Å². The molecule has 2 aromatic carbocycles. The van der Waals surface area contributed by atoms with Crippen LogP contribution in [0.3, 0.4) is 0 Å². The number of carbonyl (C=O) groups excluding carboxylic acids is 1. The zero-order valence-corrected chi connectivity index (χ0v) is 10.2. The van der Waals surface area contributed by atoms with Gasteiger partial charge in [0.05, 0.1) is 10.9 Å². The number of nitrogens with zero attached hydrogens (tertiary/aromatic N) is 2. The van der Waals surface area contributed by atoms with Crippen LogP contribution < -0.4 is 5.73 Å². The maximum absolute atomic E-state index is 14.0. The molecule has 0 atom stereocenters. The molecule has 0 aliphatic rings. The third-order valence-electron chi connectivity index (χ3n) is 2.96. The fraction of sp³-hybridized carbons (Fsp3) is 0. The van der Waals surface area contributed by atoms with Gasteiger partial charge in [0.2, 0.25) is 0 Å². The Morgan fingerprint density at radius 2 is 1.90 bits per heavy atom. The molecular weight excluding hydrogens is 264 g/mol. The number of primary amides is 1. The van der Waals surface area contributed by atoms with Crippen molar-refractivity contribution in [1.29, 1.82) is 0 Å². The molecule has 2 N–H and O–H groups in total. The summed E-state index contributed by atoms with van der Waals surface area (Å²) in [5, 5.41) is 4.13. The van der Waals surface area contributed by atoms with Crippen LogP contribution in [0, 0.1) is 11.6 Å². The van der Waals surface area contributed by atoms with E-state index in [1.807, 2.05) is 0 Å². The lowest BCUT2D eigenvalue weighted by Crippen LogP contribution is -2.20. The van der Waals surface area contributed by atoms with Gasteiger partial charge in [-0.05, 0) is 24.3 Å². The molecule has 0 bridgehead atoms. The number of aromatic nitrogens is 2. The average Bonchev–Trinajstić information content (AvgIpc) is 2.80. The van der Waals surface area contributed by atoms with Crippen molar-refractivity contribution < 1.29 is 13.6 Å². The third-order valence-corrected chi connectivity index (χ3v) is 2.96. The Bertz CT molecular complexity index is 826. The van der Waals surface area contributed by atoms with Crippen LogP contribution in [0.5, 0.6) is 0 Å². The van der Waals surface area contributed by atoms with Crippen LogP contribution in [0.2, 0.25) is 0 Å². The predicted octanol–water partition coefficient (Wildman–Crippen LogP) is 2.91. The number of carbonyl (C=O) groups is 1. The summed E-state index contributed by atoms with van der Waals surface area (Å²) in [5.74, 6) is -1.02. The van der Waals surface area contributed by atoms with E-state index in [1.54, 1.807) is 6.07 Å². The van der Waals surface area contributed by atoms with E-state index in [0.717, 1.165) is 4.68 Å². The first kappa shape index (κ1) is 12.3.